The first-order valence-electron chi connectivity index (χ1n) is 6.07. The van der Waals surface area contributed by atoms with Crippen LogP contribution >= 0.6 is 0 Å². The molecule has 5 nitrogen and oxygen atoms in total. The first-order chi connectivity index (χ1) is 8.21. The van der Waals surface area contributed by atoms with Gasteiger partial charge in [-0.15, -0.1) is 0 Å². The fourth-order valence-electron chi connectivity index (χ4n) is 2.40. The second-order valence-electron chi connectivity index (χ2n) is 6.23. The molecule has 0 saturated carbocycles. The maximum Gasteiger partial charge on any atom is 0.410 e. The molecule has 18 heavy (non-hydrogen) atoms. The molecule has 1 N–H and O–H groups in total. The first kappa shape index (κ1) is 13.5. The Hall–Kier alpha value is -0.880. The second kappa shape index (κ2) is 4.06. The van der Waals surface area contributed by atoms with Gasteiger partial charge in [0.2, 0.25) is 0 Å². The molecule has 0 aromatic rings. The second-order valence-corrected chi connectivity index (χ2v) is 6.23. The Kier molecular flexibility index (Phi) is 3.06. The van der Waals surface area contributed by atoms with Crippen molar-refractivity contribution >= 4 is 6.09 Å². The van der Waals surface area contributed by atoms with Gasteiger partial charge in [0.05, 0.1) is 31.8 Å². The molecule has 0 aliphatic carbocycles. The number of carbonyl (C=O) groups is 1. The number of amides is 1. The van der Waals surface area contributed by atoms with Crippen LogP contribution in [0.4, 0.5) is 9.18 Å². The number of aliphatic hydroxyl groups is 1. The van der Waals surface area contributed by atoms with Gasteiger partial charge in [-0.2, -0.15) is 0 Å². The predicted octanol–water partition coefficient (Wildman–Crippen LogP) is 0.954. The third-order valence-electron chi connectivity index (χ3n) is 3.54. The van der Waals surface area contributed by atoms with Crippen LogP contribution in [0.25, 0.3) is 0 Å². The monoisotopic (exact) mass is 261 g/mol. The molecule has 1 atom stereocenters. The van der Waals surface area contributed by atoms with Crippen LogP contribution in [0.3, 0.4) is 0 Å². The van der Waals surface area contributed by atoms with Gasteiger partial charge >= 0.3 is 6.09 Å². The van der Waals surface area contributed by atoms with Crippen LogP contribution in [0.5, 0.6) is 0 Å². The highest BCUT2D eigenvalue weighted by atomic mass is 19.1. The molecule has 1 amide bonds. The Morgan fingerprint density at radius 1 is 1.44 bits per heavy atom. The van der Waals surface area contributed by atoms with Gasteiger partial charge in [0.15, 0.2) is 5.67 Å². The smallest absolute Gasteiger partial charge is 0.410 e. The largest absolute Gasteiger partial charge is 0.444 e. The maximum atomic E-state index is 14.6. The van der Waals surface area contributed by atoms with Crippen molar-refractivity contribution in [1.82, 2.24) is 4.90 Å². The van der Waals surface area contributed by atoms with E-state index in [2.05, 4.69) is 0 Å². The van der Waals surface area contributed by atoms with Gasteiger partial charge < -0.3 is 19.5 Å². The van der Waals surface area contributed by atoms with E-state index < -0.39 is 29.4 Å². The van der Waals surface area contributed by atoms with E-state index in [1.54, 1.807) is 20.8 Å². The summed E-state index contributed by atoms with van der Waals surface area (Å²) < 4.78 is 24.9. The van der Waals surface area contributed by atoms with Crippen molar-refractivity contribution in [2.45, 2.75) is 32.0 Å². The highest BCUT2D eigenvalue weighted by Crippen LogP contribution is 2.47. The summed E-state index contributed by atoms with van der Waals surface area (Å²) in [5.41, 5.74) is -3.16. The Morgan fingerprint density at radius 2 is 2.06 bits per heavy atom. The van der Waals surface area contributed by atoms with E-state index in [4.69, 9.17) is 9.47 Å². The molecule has 0 bridgehead atoms. The summed E-state index contributed by atoms with van der Waals surface area (Å²) in [4.78, 5) is 13.2. The number of hydrogen-bond acceptors (Lipinski definition) is 4. The SMILES string of the molecule is CC(C)(C)OC(=O)N1CC2(COC2)[C@](F)(CO)C1. The summed E-state index contributed by atoms with van der Waals surface area (Å²) in [5.74, 6) is 0. The average molecular weight is 261 g/mol. The number of ether oxygens (including phenoxy) is 2. The number of aliphatic hydroxyl groups excluding tert-OH is 1. The van der Waals surface area contributed by atoms with Gasteiger partial charge in [-0.3, -0.25) is 0 Å². The lowest BCUT2D eigenvalue weighted by atomic mass is 9.74. The number of nitrogens with zero attached hydrogens (tertiary/aromatic N) is 1. The summed E-state index contributed by atoms with van der Waals surface area (Å²) in [7, 11) is 0. The lowest BCUT2D eigenvalue weighted by molar-refractivity contribution is -0.178. The molecule has 1 spiro atoms. The topological polar surface area (TPSA) is 59.0 Å². The Morgan fingerprint density at radius 3 is 2.39 bits per heavy atom. The quantitative estimate of drug-likeness (QED) is 0.763. The summed E-state index contributed by atoms with van der Waals surface area (Å²) in [6, 6.07) is 0. The maximum absolute atomic E-state index is 14.6. The zero-order valence-electron chi connectivity index (χ0n) is 11.0. The molecule has 104 valence electrons. The molecule has 2 rings (SSSR count). The molecule has 2 heterocycles. The number of likely N-dealkylation sites (tertiary alicyclic amines) is 1. The minimum atomic E-state index is -1.79. The molecular formula is C12H20FNO4. The Balaban J connectivity index is 2.08. The lowest BCUT2D eigenvalue weighted by Crippen LogP contribution is -2.58. The number of carbonyl (C=O) groups excluding carboxylic acids is 1. The molecule has 6 heteroatoms. The van der Waals surface area contributed by atoms with Crippen LogP contribution < -0.4 is 0 Å². The van der Waals surface area contributed by atoms with Crippen LogP contribution in [0.1, 0.15) is 20.8 Å². The van der Waals surface area contributed by atoms with Gasteiger partial charge in [-0.1, -0.05) is 0 Å². The fourth-order valence-corrected chi connectivity index (χ4v) is 2.40. The summed E-state index contributed by atoms with van der Waals surface area (Å²) in [6.45, 7) is 5.26. The van der Waals surface area contributed by atoms with Gasteiger partial charge in [-0.25, -0.2) is 9.18 Å². The van der Waals surface area contributed by atoms with Crippen molar-refractivity contribution in [3.63, 3.8) is 0 Å². The summed E-state index contributed by atoms with van der Waals surface area (Å²) in [6.07, 6.45) is -0.540. The fraction of sp³-hybridized carbons (Fsp3) is 0.917. The minimum absolute atomic E-state index is 0.137. The van der Waals surface area contributed by atoms with Crippen molar-refractivity contribution in [2.24, 2.45) is 5.41 Å². The molecule has 2 aliphatic heterocycles. The van der Waals surface area contributed by atoms with Crippen molar-refractivity contribution < 1.29 is 23.8 Å². The van der Waals surface area contributed by atoms with Crippen LogP contribution in [-0.2, 0) is 9.47 Å². The van der Waals surface area contributed by atoms with Gasteiger partial charge in [0, 0.05) is 6.54 Å². The van der Waals surface area contributed by atoms with E-state index in [-0.39, 0.29) is 26.3 Å². The summed E-state index contributed by atoms with van der Waals surface area (Å²) in [5, 5.41) is 9.25. The number of hydrogen-bond donors (Lipinski definition) is 1. The van der Waals surface area contributed by atoms with Gasteiger partial charge in [0.25, 0.3) is 0 Å². The summed E-state index contributed by atoms with van der Waals surface area (Å²) >= 11 is 0. The van der Waals surface area contributed by atoms with Crippen LogP contribution in [0, 0.1) is 5.41 Å². The number of rotatable bonds is 1. The van der Waals surface area contributed by atoms with E-state index in [1.807, 2.05) is 0 Å². The third kappa shape index (κ3) is 2.07. The minimum Gasteiger partial charge on any atom is -0.444 e. The van der Waals surface area contributed by atoms with E-state index in [1.165, 1.54) is 4.90 Å². The molecular weight excluding hydrogens is 241 g/mol. The molecule has 0 aromatic heterocycles. The highest BCUT2D eigenvalue weighted by Gasteiger charge is 2.64. The predicted molar refractivity (Wildman–Crippen MR) is 62.0 cm³/mol. The molecule has 2 fully saturated rings. The van der Waals surface area contributed by atoms with Gasteiger partial charge in [-0.05, 0) is 20.8 Å². The van der Waals surface area contributed by atoms with Crippen LogP contribution in [0.2, 0.25) is 0 Å². The van der Waals surface area contributed by atoms with E-state index in [9.17, 15) is 14.3 Å². The van der Waals surface area contributed by atoms with E-state index in [0.29, 0.717) is 0 Å². The van der Waals surface area contributed by atoms with Crippen LogP contribution in [0.15, 0.2) is 0 Å². The van der Waals surface area contributed by atoms with Crippen molar-refractivity contribution in [2.75, 3.05) is 32.9 Å². The highest BCUT2D eigenvalue weighted by molar-refractivity contribution is 5.69. The molecule has 0 radical (unpaired) electrons. The molecule has 0 unspecified atom stereocenters. The van der Waals surface area contributed by atoms with Crippen molar-refractivity contribution in [3.05, 3.63) is 0 Å². The zero-order valence-corrected chi connectivity index (χ0v) is 11.0. The van der Waals surface area contributed by atoms with Gasteiger partial charge in [0.1, 0.15) is 5.60 Å². The first-order valence-corrected chi connectivity index (χ1v) is 6.07. The molecule has 2 saturated heterocycles. The van der Waals surface area contributed by atoms with E-state index >= 15 is 0 Å². The van der Waals surface area contributed by atoms with E-state index in [0.717, 1.165) is 0 Å². The normalized spacial score (nSPS) is 30.4. The standard InChI is InChI=1S/C12H20FNO4/c1-10(2,3)18-9(16)14-4-11(7-17-8-11)12(13,5-14)6-15/h15H,4-8H2,1-3H3/t12-/m1/s1. The van der Waals surface area contributed by atoms with Crippen LogP contribution in [-0.4, -0.2) is 60.3 Å². The number of alkyl halides is 1. The average Bonchev–Trinajstić information content (AvgIpc) is 2.50. The molecule has 2 aliphatic rings. The zero-order chi connectivity index (χ0) is 13.6. The van der Waals surface area contributed by atoms with Crippen molar-refractivity contribution in [1.29, 1.82) is 0 Å². The number of halogens is 1. The Labute approximate surface area is 106 Å². The molecule has 0 aromatic carbocycles. The third-order valence-corrected chi connectivity index (χ3v) is 3.54. The Bertz CT molecular complexity index is 339. The lowest BCUT2D eigenvalue weighted by Gasteiger charge is -2.44. The van der Waals surface area contributed by atoms with Crippen molar-refractivity contribution in [3.8, 4) is 0 Å².